The lowest BCUT2D eigenvalue weighted by molar-refractivity contribution is -0.132. The van der Waals surface area contributed by atoms with Gasteiger partial charge in [-0.15, -0.1) is 11.3 Å². The summed E-state index contributed by atoms with van der Waals surface area (Å²) >= 11 is 7.93. The van der Waals surface area contributed by atoms with Gasteiger partial charge in [0.1, 0.15) is 28.3 Å². The Morgan fingerprint density at radius 2 is 1.66 bits per heavy atom. The molecular weight excluding hydrogens is 516 g/mol. The van der Waals surface area contributed by atoms with Gasteiger partial charge in [-0.2, -0.15) is 0 Å². The summed E-state index contributed by atoms with van der Waals surface area (Å²) in [4.78, 5) is 25.4. The number of carbonyl (C=O) groups excluding carboxylic acids is 1. The van der Waals surface area contributed by atoms with Gasteiger partial charge in [0.25, 0.3) is 0 Å². The number of aromatic nitrogens is 3. The Bertz CT molecular complexity index is 1290. The number of hydrogen-bond acceptors (Lipinski definition) is 5. The molecule has 4 rings (SSSR count). The number of amides is 1. The lowest BCUT2D eigenvalue weighted by Gasteiger charge is -2.31. The highest BCUT2D eigenvalue weighted by atomic mass is 35.5. The Kier molecular flexibility index (Phi) is 8.02. The van der Waals surface area contributed by atoms with Gasteiger partial charge in [-0.3, -0.25) is 4.79 Å². The zero-order valence-electron chi connectivity index (χ0n) is 24.2. The first-order chi connectivity index (χ1) is 17.7. The van der Waals surface area contributed by atoms with Crippen LogP contribution in [0, 0.1) is 13.8 Å². The molecule has 1 aromatic carbocycles. The van der Waals surface area contributed by atoms with Crippen LogP contribution in [0.3, 0.4) is 0 Å². The maximum atomic E-state index is 13.0. The van der Waals surface area contributed by atoms with Crippen LogP contribution < -0.4 is 4.74 Å². The zero-order valence-corrected chi connectivity index (χ0v) is 25.8. The van der Waals surface area contributed by atoms with E-state index >= 15 is 0 Å². The number of methoxy groups -OCH3 is 1. The van der Waals surface area contributed by atoms with E-state index in [1.165, 1.54) is 16.0 Å². The minimum absolute atomic E-state index is 0.0556. The average Bonchev–Trinajstić information content (AvgIpc) is 3.43. The number of halogens is 1. The van der Waals surface area contributed by atoms with Crippen molar-refractivity contribution in [3.63, 3.8) is 0 Å². The van der Waals surface area contributed by atoms with E-state index in [4.69, 9.17) is 21.3 Å². The minimum Gasteiger partial charge on any atom is -0.496 e. The second-order valence-electron chi connectivity index (χ2n) is 12.4. The summed E-state index contributed by atoms with van der Waals surface area (Å²) in [5.74, 6) is 2.29. The van der Waals surface area contributed by atoms with Crippen molar-refractivity contribution >= 4 is 28.8 Å². The van der Waals surface area contributed by atoms with Crippen molar-refractivity contribution in [2.75, 3.05) is 20.2 Å². The van der Waals surface area contributed by atoms with Gasteiger partial charge in [-0.1, -0.05) is 53.1 Å². The van der Waals surface area contributed by atoms with Crippen molar-refractivity contribution in [1.29, 1.82) is 0 Å². The smallest absolute Gasteiger partial charge is 0.242 e. The number of thiazole rings is 1. The lowest BCUT2D eigenvalue weighted by atomic mass is 9.78. The summed E-state index contributed by atoms with van der Waals surface area (Å²) in [5, 5.41) is 1.51. The maximum Gasteiger partial charge on any atom is 0.242 e. The summed E-state index contributed by atoms with van der Waals surface area (Å²) in [5.41, 5.74) is 4.28. The number of piperidine rings is 1. The Hall–Kier alpha value is -2.38. The quantitative estimate of drug-likeness (QED) is 0.331. The van der Waals surface area contributed by atoms with Crippen LogP contribution >= 0.6 is 22.9 Å². The maximum absolute atomic E-state index is 13.0. The third kappa shape index (κ3) is 5.79. The summed E-state index contributed by atoms with van der Waals surface area (Å²) in [6, 6.07) is 4.51. The summed E-state index contributed by atoms with van der Waals surface area (Å²) in [7, 11) is 1.77. The molecule has 2 aromatic heterocycles. The molecule has 0 aliphatic carbocycles. The van der Waals surface area contributed by atoms with Gasteiger partial charge < -0.3 is 14.2 Å². The van der Waals surface area contributed by atoms with Crippen molar-refractivity contribution in [1.82, 2.24) is 19.4 Å². The van der Waals surface area contributed by atoms with Gasteiger partial charge in [0.2, 0.25) is 5.91 Å². The third-order valence-electron chi connectivity index (χ3n) is 7.58. The molecule has 6 nitrogen and oxygen atoms in total. The predicted molar refractivity (Wildman–Crippen MR) is 157 cm³/mol. The molecule has 0 atom stereocenters. The van der Waals surface area contributed by atoms with Crippen LogP contribution in [0.15, 0.2) is 18.3 Å². The Morgan fingerprint density at radius 1 is 1.08 bits per heavy atom. The van der Waals surface area contributed by atoms with Crippen LogP contribution in [0.5, 0.6) is 5.75 Å². The molecule has 1 aliphatic rings. The number of rotatable bonds is 5. The summed E-state index contributed by atoms with van der Waals surface area (Å²) in [6.45, 7) is 19.0. The molecule has 1 aliphatic heterocycles. The Balaban J connectivity index is 1.51. The molecule has 38 heavy (non-hydrogen) atoms. The first-order valence-corrected chi connectivity index (χ1v) is 14.6. The highest BCUT2D eigenvalue weighted by Gasteiger charge is 2.30. The van der Waals surface area contributed by atoms with E-state index in [9.17, 15) is 4.79 Å². The number of nitrogens with zero attached hydrogens (tertiary/aromatic N) is 4. The zero-order chi connectivity index (χ0) is 28.0. The molecular formula is C30H41ClN4O2S. The number of hydrogen-bond donors (Lipinski definition) is 0. The molecule has 1 fully saturated rings. The van der Waals surface area contributed by atoms with Crippen molar-refractivity contribution < 1.29 is 9.53 Å². The highest BCUT2D eigenvalue weighted by Crippen LogP contribution is 2.44. The molecule has 0 radical (unpaired) electrons. The second-order valence-corrected chi connectivity index (χ2v) is 13.9. The number of imidazole rings is 1. The molecule has 1 amide bonds. The van der Waals surface area contributed by atoms with E-state index in [1.54, 1.807) is 18.4 Å². The molecule has 0 bridgehead atoms. The average molecular weight is 557 g/mol. The second kappa shape index (κ2) is 10.6. The largest absolute Gasteiger partial charge is 0.496 e. The standard InChI is InChI=1S/C30H41ClN4O2S/c1-18-27(31)33-19(2)35(18)17-25(36)34-12-10-20(11-13-34)24-16-32-28(38-24)21-14-22(29(3,4)5)26(37-9)23(15-21)30(6,7)8/h14-16,20H,10-13,17H2,1-9H3. The lowest BCUT2D eigenvalue weighted by Crippen LogP contribution is -2.39. The van der Waals surface area contributed by atoms with Crippen molar-refractivity contribution in [3.05, 3.63) is 51.0 Å². The summed E-state index contributed by atoms with van der Waals surface area (Å²) in [6.07, 6.45) is 3.93. The molecule has 3 heterocycles. The fourth-order valence-electron chi connectivity index (χ4n) is 5.21. The van der Waals surface area contributed by atoms with Crippen molar-refractivity contribution in [3.8, 4) is 16.3 Å². The highest BCUT2D eigenvalue weighted by molar-refractivity contribution is 7.15. The van der Waals surface area contributed by atoms with Crippen LogP contribution in [0.2, 0.25) is 5.15 Å². The van der Waals surface area contributed by atoms with Crippen molar-refractivity contribution in [2.45, 2.75) is 91.5 Å². The molecule has 8 heteroatoms. The molecule has 0 saturated carbocycles. The van der Waals surface area contributed by atoms with E-state index in [1.807, 2.05) is 29.5 Å². The predicted octanol–water partition coefficient (Wildman–Crippen LogP) is 7.29. The van der Waals surface area contributed by atoms with E-state index in [0.29, 0.717) is 11.1 Å². The number of aryl methyl sites for hydroxylation is 1. The fraction of sp³-hybridized carbons (Fsp3) is 0.567. The SMILES string of the molecule is COc1c(C(C)(C)C)cc(-c2ncc(C3CCN(C(=O)Cn4c(C)nc(Cl)c4C)CC3)s2)cc1C(C)(C)C. The van der Waals surface area contributed by atoms with E-state index in [-0.39, 0.29) is 23.3 Å². The van der Waals surface area contributed by atoms with Crippen LogP contribution in [0.4, 0.5) is 0 Å². The number of benzene rings is 1. The fourth-order valence-corrected chi connectivity index (χ4v) is 6.51. The van der Waals surface area contributed by atoms with Crippen LogP contribution in [-0.2, 0) is 22.2 Å². The van der Waals surface area contributed by atoms with Crippen LogP contribution in [-0.4, -0.2) is 45.5 Å². The van der Waals surface area contributed by atoms with Crippen LogP contribution in [0.25, 0.3) is 10.6 Å². The topological polar surface area (TPSA) is 60.2 Å². The van der Waals surface area contributed by atoms with Gasteiger partial charge in [0.15, 0.2) is 0 Å². The van der Waals surface area contributed by atoms with Gasteiger partial charge >= 0.3 is 0 Å². The third-order valence-corrected chi connectivity index (χ3v) is 9.14. The van der Waals surface area contributed by atoms with Gasteiger partial charge in [0.05, 0.1) is 12.8 Å². The number of ether oxygens (including phenoxy) is 1. The van der Waals surface area contributed by atoms with Crippen LogP contribution in [0.1, 0.15) is 87.8 Å². The molecule has 1 saturated heterocycles. The molecule has 0 unspecified atom stereocenters. The monoisotopic (exact) mass is 556 g/mol. The molecule has 0 N–H and O–H groups in total. The Labute approximate surface area is 236 Å². The van der Waals surface area contributed by atoms with Crippen molar-refractivity contribution in [2.24, 2.45) is 0 Å². The minimum atomic E-state index is -0.0556. The van der Waals surface area contributed by atoms with E-state index < -0.39 is 0 Å². The summed E-state index contributed by atoms with van der Waals surface area (Å²) < 4.78 is 7.84. The molecule has 3 aromatic rings. The number of likely N-dealkylation sites (tertiary alicyclic amines) is 1. The molecule has 0 spiro atoms. The number of carbonyl (C=O) groups is 1. The first kappa shape index (κ1) is 28.6. The van der Waals surface area contributed by atoms with E-state index in [0.717, 1.165) is 53.8 Å². The van der Waals surface area contributed by atoms with Gasteiger partial charge in [0, 0.05) is 40.9 Å². The van der Waals surface area contributed by atoms with E-state index in [2.05, 4.69) is 58.7 Å². The first-order valence-electron chi connectivity index (χ1n) is 13.4. The molecule has 206 valence electrons. The Morgan fingerprint density at radius 3 is 2.13 bits per heavy atom. The van der Waals surface area contributed by atoms with Gasteiger partial charge in [-0.05, 0) is 55.6 Å². The van der Waals surface area contributed by atoms with Gasteiger partial charge in [-0.25, -0.2) is 9.97 Å². The normalized spacial score (nSPS) is 15.3.